The summed E-state index contributed by atoms with van der Waals surface area (Å²) in [4.78, 5) is 26.3. The summed E-state index contributed by atoms with van der Waals surface area (Å²) in [5.74, 6) is -0.0448. The van der Waals surface area contributed by atoms with Crippen molar-refractivity contribution in [2.45, 2.75) is 38.8 Å². The molecule has 3 amide bonds. The normalized spacial score (nSPS) is 14.2. The second kappa shape index (κ2) is 9.21. The highest BCUT2D eigenvalue weighted by Gasteiger charge is 2.20. The summed E-state index contributed by atoms with van der Waals surface area (Å²) in [6.45, 7) is 3.32. The number of carbonyl (C=O) groups excluding carboxylic acids is 2. The van der Waals surface area contributed by atoms with Gasteiger partial charge in [-0.3, -0.25) is 4.79 Å². The van der Waals surface area contributed by atoms with Crippen LogP contribution in [0.5, 0.6) is 0 Å². The predicted molar refractivity (Wildman–Crippen MR) is 106 cm³/mol. The Kier molecular flexibility index (Phi) is 6.47. The number of aryl methyl sites for hydroxylation is 1. The fraction of sp³-hybridized carbons (Fsp3) is 0.364. The van der Waals surface area contributed by atoms with Gasteiger partial charge in [0, 0.05) is 19.1 Å². The number of urea groups is 1. The molecule has 5 heteroatoms. The van der Waals surface area contributed by atoms with Crippen LogP contribution >= 0.6 is 0 Å². The Bertz CT molecular complexity index is 776. The first-order valence-electron chi connectivity index (χ1n) is 9.54. The Morgan fingerprint density at radius 3 is 2.52 bits per heavy atom. The molecule has 1 unspecified atom stereocenters. The molecule has 1 aliphatic rings. The number of rotatable bonds is 6. The molecule has 0 saturated carbocycles. The number of fused-ring (bicyclic) bond motifs is 1. The van der Waals surface area contributed by atoms with Crippen LogP contribution in [0, 0.1) is 0 Å². The first kappa shape index (κ1) is 19.0. The molecule has 1 heterocycles. The molecule has 1 atom stereocenters. The Morgan fingerprint density at radius 1 is 1.04 bits per heavy atom. The highest BCUT2D eigenvalue weighted by molar-refractivity contribution is 5.84. The summed E-state index contributed by atoms with van der Waals surface area (Å²) in [5.41, 5.74) is 3.75. The van der Waals surface area contributed by atoms with Gasteiger partial charge in [-0.1, -0.05) is 54.6 Å². The highest BCUT2D eigenvalue weighted by Crippen LogP contribution is 2.18. The van der Waals surface area contributed by atoms with E-state index in [2.05, 4.69) is 34.9 Å². The van der Waals surface area contributed by atoms with Crippen LogP contribution in [0.1, 0.15) is 30.0 Å². The monoisotopic (exact) mass is 365 g/mol. The lowest BCUT2D eigenvalue weighted by atomic mass is 10.00. The average molecular weight is 365 g/mol. The molecule has 0 aromatic heterocycles. The van der Waals surface area contributed by atoms with Gasteiger partial charge >= 0.3 is 6.03 Å². The summed E-state index contributed by atoms with van der Waals surface area (Å²) in [6, 6.07) is 18.2. The standard InChI is InChI=1S/C22H27N3O2/c1-17(11-12-18-7-3-2-4-8-18)24-22(27)23-15-21(26)25-14-13-19-9-5-6-10-20(19)16-25/h2-10,17H,11-16H2,1H3,(H2,23,24,27). The maximum atomic E-state index is 12.4. The number of nitrogens with one attached hydrogen (secondary N) is 2. The van der Waals surface area contributed by atoms with Gasteiger partial charge in [-0.05, 0) is 42.9 Å². The van der Waals surface area contributed by atoms with Crippen LogP contribution in [-0.2, 0) is 24.2 Å². The van der Waals surface area contributed by atoms with Crippen molar-refractivity contribution in [2.75, 3.05) is 13.1 Å². The molecule has 142 valence electrons. The Hall–Kier alpha value is -2.82. The van der Waals surface area contributed by atoms with Gasteiger partial charge < -0.3 is 15.5 Å². The number of hydrogen-bond donors (Lipinski definition) is 2. The van der Waals surface area contributed by atoms with E-state index in [4.69, 9.17) is 0 Å². The Balaban J connectivity index is 1.38. The molecule has 0 radical (unpaired) electrons. The lowest BCUT2D eigenvalue weighted by molar-refractivity contribution is -0.131. The average Bonchev–Trinajstić information content (AvgIpc) is 2.71. The van der Waals surface area contributed by atoms with Crippen molar-refractivity contribution in [3.8, 4) is 0 Å². The van der Waals surface area contributed by atoms with E-state index in [0.717, 1.165) is 19.3 Å². The van der Waals surface area contributed by atoms with E-state index in [9.17, 15) is 9.59 Å². The third-order valence-corrected chi connectivity index (χ3v) is 4.97. The molecule has 3 rings (SSSR count). The zero-order valence-electron chi connectivity index (χ0n) is 15.8. The van der Waals surface area contributed by atoms with Crippen molar-refractivity contribution in [3.63, 3.8) is 0 Å². The minimum absolute atomic E-state index is 0.0272. The molecule has 0 bridgehead atoms. The quantitative estimate of drug-likeness (QED) is 0.827. The second-order valence-corrected chi connectivity index (χ2v) is 7.09. The van der Waals surface area contributed by atoms with Crippen molar-refractivity contribution in [3.05, 3.63) is 71.3 Å². The fourth-order valence-corrected chi connectivity index (χ4v) is 3.35. The second-order valence-electron chi connectivity index (χ2n) is 7.09. The van der Waals surface area contributed by atoms with Crippen LogP contribution in [0.15, 0.2) is 54.6 Å². The minimum Gasteiger partial charge on any atom is -0.336 e. The van der Waals surface area contributed by atoms with E-state index in [1.54, 1.807) is 4.90 Å². The summed E-state index contributed by atoms with van der Waals surface area (Å²) < 4.78 is 0. The van der Waals surface area contributed by atoms with Gasteiger partial charge in [0.25, 0.3) is 0 Å². The van der Waals surface area contributed by atoms with E-state index < -0.39 is 0 Å². The molecule has 2 aromatic carbocycles. The Labute approximate surface area is 160 Å². The Morgan fingerprint density at radius 2 is 1.74 bits per heavy atom. The number of amides is 3. The van der Waals surface area contributed by atoms with E-state index >= 15 is 0 Å². The van der Waals surface area contributed by atoms with Crippen LogP contribution in [0.25, 0.3) is 0 Å². The molecule has 2 aromatic rings. The first-order chi connectivity index (χ1) is 13.1. The minimum atomic E-state index is -0.290. The largest absolute Gasteiger partial charge is 0.336 e. The highest BCUT2D eigenvalue weighted by atomic mass is 16.2. The third kappa shape index (κ3) is 5.58. The fourth-order valence-electron chi connectivity index (χ4n) is 3.35. The van der Waals surface area contributed by atoms with Crippen LogP contribution < -0.4 is 10.6 Å². The van der Waals surface area contributed by atoms with Crippen molar-refractivity contribution in [1.82, 2.24) is 15.5 Å². The summed E-state index contributed by atoms with van der Waals surface area (Å²) in [5, 5.41) is 5.59. The van der Waals surface area contributed by atoms with Gasteiger partial charge in [-0.2, -0.15) is 0 Å². The maximum absolute atomic E-state index is 12.4. The molecule has 1 aliphatic heterocycles. The maximum Gasteiger partial charge on any atom is 0.315 e. The SMILES string of the molecule is CC(CCc1ccccc1)NC(=O)NCC(=O)N1CCc2ccccc2C1. The van der Waals surface area contributed by atoms with Crippen molar-refractivity contribution >= 4 is 11.9 Å². The van der Waals surface area contributed by atoms with Gasteiger partial charge in [-0.25, -0.2) is 4.79 Å². The van der Waals surface area contributed by atoms with E-state index in [-0.39, 0.29) is 24.5 Å². The van der Waals surface area contributed by atoms with Crippen molar-refractivity contribution in [2.24, 2.45) is 0 Å². The third-order valence-electron chi connectivity index (χ3n) is 4.97. The smallest absolute Gasteiger partial charge is 0.315 e. The van der Waals surface area contributed by atoms with Crippen molar-refractivity contribution in [1.29, 1.82) is 0 Å². The van der Waals surface area contributed by atoms with Gasteiger partial charge in [0.2, 0.25) is 5.91 Å². The molecule has 0 saturated heterocycles. The molecule has 0 spiro atoms. The lowest BCUT2D eigenvalue weighted by Gasteiger charge is -2.29. The molecule has 27 heavy (non-hydrogen) atoms. The molecular weight excluding hydrogens is 338 g/mol. The summed E-state index contributed by atoms with van der Waals surface area (Å²) >= 11 is 0. The molecule has 0 aliphatic carbocycles. The molecule has 0 fully saturated rings. The first-order valence-corrected chi connectivity index (χ1v) is 9.54. The van der Waals surface area contributed by atoms with Crippen molar-refractivity contribution < 1.29 is 9.59 Å². The van der Waals surface area contributed by atoms with Gasteiger partial charge in [0.15, 0.2) is 0 Å². The topological polar surface area (TPSA) is 61.4 Å². The van der Waals surface area contributed by atoms with Gasteiger partial charge in [0.05, 0.1) is 6.54 Å². The van der Waals surface area contributed by atoms with Crippen LogP contribution in [0.4, 0.5) is 4.79 Å². The lowest BCUT2D eigenvalue weighted by Crippen LogP contribution is -2.47. The zero-order chi connectivity index (χ0) is 19.1. The number of benzene rings is 2. The van der Waals surface area contributed by atoms with E-state index in [1.807, 2.05) is 37.3 Å². The van der Waals surface area contributed by atoms with Gasteiger partial charge in [0.1, 0.15) is 0 Å². The molecule has 2 N–H and O–H groups in total. The van der Waals surface area contributed by atoms with Crippen LogP contribution in [0.2, 0.25) is 0 Å². The van der Waals surface area contributed by atoms with Crippen LogP contribution in [0.3, 0.4) is 0 Å². The molecule has 5 nitrogen and oxygen atoms in total. The van der Waals surface area contributed by atoms with E-state index in [0.29, 0.717) is 13.1 Å². The van der Waals surface area contributed by atoms with Gasteiger partial charge in [-0.15, -0.1) is 0 Å². The molecular formula is C22H27N3O2. The van der Waals surface area contributed by atoms with E-state index in [1.165, 1.54) is 16.7 Å². The number of hydrogen-bond acceptors (Lipinski definition) is 2. The summed E-state index contributed by atoms with van der Waals surface area (Å²) in [7, 11) is 0. The zero-order valence-corrected chi connectivity index (χ0v) is 15.8. The predicted octanol–water partition coefficient (Wildman–Crippen LogP) is 2.89. The number of nitrogens with zero attached hydrogens (tertiary/aromatic N) is 1. The number of carbonyl (C=O) groups is 2. The summed E-state index contributed by atoms with van der Waals surface area (Å²) in [6.07, 6.45) is 2.63. The van der Waals surface area contributed by atoms with Crippen LogP contribution in [-0.4, -0.2) is 36.0 Å².